The number of aromatic hydroxyl groups is 1. The summed E-state index contributed by atoms with van der Waals surface area (Å²) >= 11 is 2.15. The monoisotopic (exact) mass is 374 g/mol. The van der Waals surface area contributed by atoms with E-state index in [0.29, 0.717) is 12.1 Å². The van der Waals surface area contributed by atoms with Crippen molar-refractivity contribution in [2.45, 2.75) is 31.7 Å². The van der Waals surface area contributed by atoms with Crippen molar-refractivity contribution in [3.05, 3.63) is 27.3 Å². The summed E-state index contributed by atoms with van der Waals surface area (Å²) in [6.07, 6.45) is 4.01. The van der Waals surface area contributed by atoms with Crippen LogP contribution in [0.3, 0.4) is 0 Å². The summed E-state index contributed by atoms with van der Waals surface area (Å²) in [7, 11) is 0. The van der Waals surface area contributed by atoms with E-state index in [1.807, 2.05) is 4.90 Å². The fraction of sp³-hybridized carbons (Fsp3) is 0.500. The van der Waals surface area contributed by atoms with Crippen LogP contribution in [0.2, 0.25) is 0 Å². The predicted molar refractivity (Wildman–Crippen MR) is 83.2 cm³/mol. The van der Waals surface area contributed by atoms with Crippen molar-refractivity contribution in [2.24, 2.45) is 5.73 Å². The number of halogens is 1. The SMILES string of the molecule is NCCC1CCCCN1C(=O)c1cc(I)ccc1O. The summed E-state index contributed by atoms with van der Waals surface area (Å²) in [4.78, 5) is 14.5. The van der Waals surface area contributed by atoms with E-state index in [9.17, 15) is 9.90 Å². The van der Waals surface area contributed by atoms with Crippen LogP contribution in [0.15, 0.2) is 18.2 Å². The lowest BCUT2D eigenvalue weighted by atomic mass is 9.98. The molecule has 1 amide bonds. The van der Waals surface area contributed by atoms with Crippen LogP contribution in [0.1, 0.15) is 36.0 Å². The number of benzene rings is 1. The lowest BCUT2D eigenvalue weighted by Crippen LogP contribution is -2.44. The van der Waals surface area contributed by atoms with E-state index in [2.05, 4.69) is 22.6 Å². The fourth-order valence-electron chi connectivity index (χ4n) is 2.59. The second-order valence-corrected chi connectivity index (χ2v) is 6.13. The maximum Gasteiger partial charge on any atom is 0.257 e. The Balaban J connectivity index is 2.23. The number of likely N-dealkylation sites (tertiary alicyclic amines) is 1. The van der Waals surface area contributed by atoms with Gasteiger partial charge < -0.3 is 15.7 Å². The zero-order valence-corrected chi connectivity index (χ0v) is 13.0. The van der Waals surface area contributed by atoms with Crippen molar-refractivity contribution in [2.75, 3.05) is 13.1 Å². The third kappa shape index (κ3) is 3.39. The van der Waals surface area contributed by atoms with E-state index in [-0.39, 0.29) is 17.7 Å². The normalized spacial score (nSPS) is 19.5. The Morgan fingerprint density at radius 2 is 2.26 bits per heavy atom. The maximum absolute atomic E-state index is 12.6. The molecule has 1 aliphatic rings. The molecule has 2 rings (SSSR count). The van der Waals surface area contributed by atoms with Crippen LogP contribution < -0.4 is 5.73 Å². The third-order valence-corrected chi connectivity index (χ3v) is 4.25. The minimum absolute atomic E-state index is 0.0579. The van der Waals surface area contributed by atoms with E-state index < -0.39 is 0 Å². The van der Waals surface area contributed by atoms with Gasteiger partial charge in [-0.3, -0.25) is 4.79 Å². The highest BCUT2D eigenvalue weighted by atomic mass is 127. The molecule has 0 spiro atoms. The van der Waals surface area contributed by atoms with Gasteiger partial charge in [0.05, 0.1) is 5.56 Å². The summed E-state index contributed by atoms with van der Waals surface area (Å²) in [6, 6.07) is 5.33. The van der Waals surface area contributed by atoms with E-state index in [1.54, 1.807) is 18.2 Å². The summed E-state index contributed by atoms with van der Waals surface area (Å²) in [5.74, 6) is -0.0170. The Hall–Kier alpha value is -0.820. The number of rotatable bonds is 3. The van der Waals surface area contributed by atoms with Gasteiger partial charge in [0, 0.05) is 16.2 Å². The molecular formula is C14H19IN2O2. The second kappa shape index (κ2) is 6.56. The molecule has 0 radical (unpaired) electrons. The molecule has 0 aromatic heterocycles. The standard InChI is InChI=1S/C14H19IN2O2/c15-10-4-5-13(18)12(9-10)14(19)17-8-2-1-3-11(17)6-7-16/h4-5,9,11,18H,1-3,6-8,16H2. The minimum Gasteiger partial charge on any atom is -0.507 e. The molecule has 0 bridgehead atoms. The first kappa shape index (κ1) is 14.6. The van der Waals surface area contributed by atoms with Crippen LogP contribution in [0.5, 0.6) is 5.75 Å². The van der Waals surface area contributed by atoms with Gasteiger partial charge in [0.2, 0.25) is 0 Å². The summed E-state index contributed by atoms with van der Waals surface area (Å²) in [6.45, 7) is 1.35. The van der Waals surface area contributed by atoms with Crippen LogP contribution in [0, 0.1) is 3.57 Å². The Labute approximate surface area is 127 Å². The van der Waals surface area contributed by atoms with Crippen molar-refractivity contribution < 1.29 is 9.90 Å². The number of phenolic OH excluding ortho intramolecular Hbond substituents is 1. The smallest absolute Gasteiger partial charge is 0.257 e. The molecule has 4 nitrogen and oxygen atoms in total. The number of hydrogen-bond donors (Lipinski definition) is 2. The Morgan fingerprint density at radius 1 is 1.47 bits per heavy atom. The molecule has 1 saturated heterocycles. The molecule has 0 aliphatic carbocycles. The van der Waals surface area contributed by atoms with E-state index in [4.69, 9.17) is 5.73 Å². The molecule has 3 N–H and O–H groups in total. The molecular weight excluding hydrogens is 355 g/mol. The van der Waals surface area contributed by atoms with Crippen LogP contribution in [0.25, 0.3) is 0 Å². The van der Waals surface area contributed by atoms with Gasteiger partial charge in [-0.1, -0.05) is 0 Å². The van der Waals surface area contributed by atoms with Gasteiger partial charge in [0.1, 0.15) is 5.75 Å². The van der Waals surface area contributed by atoms with Gasteiger partial charge in [0.25, 0.3) is 5.91 Å². The largest absolute Gasteiger partial charge is 0.507 e. The Bertz CT molecular complexity index is 463. The van der Waals surface area contributed by atoms with Gasteiger partial charge in [-0.25, -0.2) is 0 Å². The highest BCUT2D eigenvalue weighted by Gasteiger charge is 2.28. The molecule has 104 valence electrons. The van der Waals surface area contributed by atoms with Crippen LogP contribution in [-0.2, 0) is 0 Å². The van der Waals surface area contributed by atoms with Gasteiger partial charge in [-0.2, -0.15) is 0 Å². The van der Waals surface area contributed by atoms with Crippen LogP contribution in [-0.4, -0.2) is 35.0 Å². The topological polar surface area (TPSA) is 66.6 Å². The molecule has 1 unspecified atom stereocenters. The Kier molecular flexibility index (Phi) is 5.04. The van der Waals surface area contributed by atoms with E-state index >= 15 is 0 Å². The molecule has 1 aromatic rings. The molecule has 0 saturated carbocycles. The van der Waals surface area contributed by atoms with Gasteiger partial charge in [-0.05, 0) is 73.0 Å². The highest BCUT2D eigenvalue weighted by molar-refractivity contribution is 14.1. The average Bonchev–Trinajstić information content (AvgIpc) is 2.42. The first-order chi connectivity index (χ1) is 9.13. The summed E-state index contributed by atoms with van der Waals surface area (Å²) < 4.78 is 0.950. The van der Waals surface area contributed by atoms with E-state index in [1.165, 1.54) is 0 Å². The number of hydrogen-bond acceptors (Lipinski definition) is 3. The number of amides is 1. The average molecular weight is 374 g/mol. The summed E-state index contributed by atoms with van der Waals surface area (Å²) in [5, 5.41) is 9.88. The number of phenols is 1. The lowest BCUT2D eigenvalue weighted by molar-refractivity contribution is 0.0602. The molecule has 1 aromatic carbocycles. The van der Waals surface area contributed by atoms with Crippen molar-refractivity contribution >= 4 is 28.5 Å². The molecule has 1 fully saturated rings. The zero-order valence-electron chi connectivity index (χ0n) is 10.8. The van der Waals surface area contributed by atoms with Gasteiger partial charge in [-0.15, -0.1) is 0 Å². The molecule has 1 aliphatic heterocycles. The van der Waals surface area contributed by atoms with E-state index in [0.717, 1.165) is 35.8 Å². The Morgan fingerprint density at radius 3 is 3.00 bits per heavy atom. The molecule has 1 heterocycles. The van der Waals surface area contributed by atoms with Crippen molar-refractivity contribution in [3.63, 3.8) is 0 Å². The van der Waals surface area contributed by atoms with Crippen molar-refractivity contribution in [1.29, 1.82) is 0 Å². The number of nitrogens with zero attached hydrogens (tertiary/aromatic N) is 1. The number of carbonyl (C=O) groups excluding carboxylic acids is 1. The maximum atomic E-state index is 12.6. The van der Waals surface area contributed by atoms with Crippen molar-refractivity contribution in [3.8, 4) is 5.75 Å². The number of nitrogens with two attached hydrogens (primary N) is 1. The van der Waals surface area contributed by atoms with Crippen LogP contribution in [0.4, 0.5) is 0 Å². The first-order valence-corrected chi connectivity index (χ1v) is 7.71. The third-order valence-electron chi connectivity index (χ3n) is 3.58. The molecule has 19 heavy (non-hydrogen) atoms. The summed E-state index contributed by atoms with van der Waals surface area (Å²) in [5.41, 5.74) is 6.02. The highest BCUT2D eigenvalue weighted by Crippen LogP contribution is 2.26. The van der Waals surface area contributed by atoms with Crippen LogP contribution >= 0.6 is 22.6 Å². The zero-order chi connectivity index (χ0) is 13.8. The molecule has 1 atom stereocenters. The quantitative estimate of drug-likeness (QED) is 0.799. The molecule has 5 heteroatoms. The number of piperidine rings is 1. The predicted octanol–water partition coefficient (Wildman–Crippen LogP) is 2.34. The minimum atomic E-state index is -0.0748. The van der Waals surface area contributed by atoms with Crippen molar-refractivity contribution in [1.82, 2.24) is 4.90 Å². The fourth-order valence-corrected chi connectivity index (χ4v) is 3.09. The number of carbonyl (C=O) groups is 1. The van der Waals surface area contributed by atoms with Gasteiger partial charge in [0.15, 0.2) is 0 Å². The van der Waals surface area contributed by atoms with Gasteiger partial charge >= 0.3 is 0 Å². The lowest BCUT2D eigenvalue weighted by Gasteiger charge is -2.36. The second-order valence-electron chi connectivity index (χ2n) is 4.89. The first-order valence-electron chi connectivity index (χ1n) is 6.63.